The first-order valence-corrected chi connectivity index (χ1v) is 8.09. The summed E-state index contributed by atoms with van der Waals surface area (Å²) in [6.45, 7) is 4.32. The average Bonchev–Trinajstić information content (AvgIpc) is 2.47. The van der Waals surface area contributed by atoms with Gasteiger partial charge >= 0.3 is 0 Å². The lowest BCUT2D eigenvalue weighted by atomic mass is 9.92. The predicted octanol–water partition coefficient (Wildman–Crippen LogP) is 4.78. The average molecular weight is 332 g/mol. The number of hydrogen-bond acceptors (Lipinski definition) is 1. The van der Waals surface area contributed by atoms with Gasteiger partial charge in [0, 0.05) is 16.9 Å². The van der Waals surface area contributed by atoms with Crippen LogP contribution in [-0.4, -0.2) is 13.1 Å². The third-order valence-corrected chi connectivity index (χ3v) is 3.95. The zero-order chi connectivity index (χ0) is 14.2. The van der Waals surface area contributed by atoms with Crippen molar-refractivity contribution in [2.45, 2.75) is 25.7 Å². The van der Waals surface area contributed by atoms with Gasteiger partial charge in [-0.3, -0.25) is 0 Å². The summed E-state index contributed by atoms with van der Waals surface area (Å²) in [5, 5.41) is 3.56. The Kier molecular flexibility index (Phi) is 6.28. The normalized spacial score (nSPS) is 12.3. The van der Waals surface area contributed by atoms with E-state index in [2.05, 4.69) is 82.8 Å². The van der Waals surface area contributed by atoms with E-state index in [1.54, 1.807) is 0 Å². The molecule has 0 saturated carbocycles. The molecule has 0 aromatic heterocycles. The van der Waals surface area contributed by atoms with Crippen LogP contribution in [0, 0.1) is 0 Å². The molecular weight excluding hydrogens is 310 g/mol. The lowest BCUT2D eigenvalue weighted by molar-refractivity contribution is 0.576. The highest BCUT2D eigenvalue weighted by atomic mass is 79.9. The molecule has 0 saturated heterocycles. The van der Waals surface area contributed by atoms with Gasteiger partial charge in [-0.1, -0.05) is 65.3 Å². The molecule has 2 heteroatoms. The standard InChI is InChI=1S/C18H22BrN/c1-2-11-20-14-17(16-8-4-3-5-9-16)12-15-7-6-10-18(19)13-15/h3-10,13,17,20H,2,11-12,14H2,1H3. The Bertz CT molecular complexity index is 510. The van der Waals surface area contributed by atoms with Crippen molar-refractivity contribution in [1.29, 1.82) is 0 Å². The van der Waals surface area contributed by atoms with Gasteiger partial charge < -0.3 is 5.32 Å². The highest BCUT2D eigenvalue weighted by Crippen LogP contribution is 2.22. The van der Waals surface area contributed by atoms with Crippen molar-refractivity contribution in [2.24, 2.45) is 0 Å². The molecule has 20 heavy (non-hydrogen) atoms. The van der Waals surface area contributed by atoms with Crippen LogP contribution in [0.25, 0.3) is 0 Å². The largest absolute Gasteiger partial charge is 0.316 e. The summed E-state index contributed by atoms with van der Waals surface area (Å²) in [4.78, 5) is 0. The molecule has 2 aromatic rings. The molecule has 0 aliphatic carbocycles. The molecule has 0 amide bonds. The maximum Gasteiger partial charge on any atom is 0.0177 e. The molecule has 0 radical (unpaired) electrons. The van der Waals surface area contributed by atoms with Crippen LogP contribution in [0.2, 0.25) is 0 Å². The minimum atomic E-state index is 0.525. The Balaban J connectivity index is 2.10. The van der Waals surface area contributed by atoms with Gasteiger partial charge in [-0.2, -0.15) is 0 Å². The Morgan fingerprint density at radius 3 is 2.55 bits per heavy atom. The van der Waals surface area contributed by atoms with Gasteiger partial charge in [0.05, 0.1) is 0 Å². The molecule has 0 heterocycles. The van der Waals surface area contributed by atoms with Gasteiger partial charge in [0.1, 0.15) is 0 Å². The molecule has 0 aliphatic rings. The molecule has 1 N–H and O–H groups in total. The number of halogens is 1. The molecule has 1 unspecified atom stereocenters. The maximum atomic E-state index is 3.56. The molecule has 106 valence electrons. The van der Waals surface area contributed by atoms with Gasteiger partial charge in [0.15, 0.2) is 0 Å². The van der Waals surface area contributed by atoms with Crippen molar-refractivity contribution < 1.29 is 0 Å². The number of nitrogens with one attached hydrogen (secondary N) is 1. The van der Waals surface area contributed by atoms with Crippen LogP contribution in [0.3, 0.4) is 0 Å². The van der Waals surface area contributed by atoms with Crippen molar-refractivity contribution in [3.05, 3.63) is 70.2 Å². The van der Waals surface area contributed by atoms with Gasteiger partial charge in [0.2, 0.25) is 0 Å². The van der Waals surface area contributed by atoms with Gasteiger partial charge in [0.25, 0.3) is 0 Å². The van der Waals surface area contributed by atoms with Crippen LogP contribution >= 0.6 is 15.9 Å². The molecular formula is C18H22BrN. The predicted molar refractivity (Wildman–Crippen MR) is 90.2 cm³/mol. The number of hydrogen-bond donors (Lipinski definition) is 1. The van der Waals surface area contributed by atoms with Crippen molar-refractivity contribution in [3.8, 4) is 0 Å². The van der Waals surface area contributed by atoms with E-state index in [4.69, 9.17) is 0 Å². The molecule has 0 aliphatic heterocycles. The Labute approximate surface area is 130 Å². The summed E-state index contributed by atoms with van der Waals surface area (Å²) < 4.78 is 1.16. The third-order valence-electron chi connectivity index (χ3n) is 3.46. The second-order valence-electron chi connectivity index (χ2n) is 5.15. The Morgan fingerprint density at radius 2 is 1.85 bits per heavy atom. The minimum Gasteiger partial charge on any atom is -0.316 e. The van der Waals surface area contributed by atoms with E-state index in [0.29, 0.717) is 5.92 Å². The highest BCUT2D eigenvalue weighted by Gasteiger charge is 2.12. The molecule has 0 bridgehead atoms. The van der Waals surface area contributed by atoms with E-state index in [1.165, 1.54) is 17.5 Å². The molecule has 0 spiro atoms. The Morgan fingerprint density at radius 1 is 1.05 bits per heavy atom. The van der Waals surface area contributed by atoms with Crippen LogP contribution < -0.4 is 5.32 Å². The fourth-order valence-corrected chi connectivity index (χ4v) is 2.88. The van der Waals surface area contributed by atoms with E-state index in [0.717, 1.165) is 24.0 Å². The van der Waals surface area contributed by atoms with E-state index in [-0.39, 0.29) is 0 Å². The van der Waals surface area contributed by atoms with E-state index >= 15 is 0 Å². The fraction of sp³-hybridized carbons (Fsp3) is 0.333. The van der Waals surface area contributed by atoms with Crippen molar-refractivity contribution in [3.63, 3.8) is 0 Å². The monoisotopic (exact) mass is 331 g/mol. The zero-order valence-corrected chi connectivity index (χ0v) is 13.6. The summed E-state index contributed by atoms with van der Waals surface area (Å²) in [6, 6.07) is 19.4. The summed E-state index contributed by atoms with van der Waals surface area (Å²) in [5.41, 5.74) is 2.79. The summed E-state index contributed by atoms with van der Waals surface area (Å²) in [5.74, 6) is 0.525. The molecule has 1 atom stereocenters. The first-order chi connectivity index (χ1) is 9.79. The van der Waals surface area contributed by atoms with E-state index in [9.17, 15) is 0 Å². The van der Waals surface area contributed by atoms with Gasteiger partial charge in [-0.05, 0) is 42.6 Å². The Hall–Kier alpha value is -1.12. The van der Waals surface area contributed by atoms with Crippen molar-refractivity contribution in [2.75, 3.05) is 13.1 Å². The first-order valence-electron chi connectivity index (χ1n) is 7.29. The van der Waals surface area contributed by atoms with Gasteiger partial charge in [-0.15, -0.1) is 0 Å². The highest BCUT2D eigenvalue weighted by molar-refractivity contribution is 9.10. The van der Waals surface area contributed by atoms with Crippen LogP contribution in [-0.2, 0) is 6.42 Å². The summed E-state index contributed by atoms with van der Waals surface area (Å²) in [6.07, 6.45) is 2.25. The van der Waals surface area contributed by atoms with Crippen LogP contribution in [0.15, 0.2) is 59.1 Å². The second kappa shape index (κ2) is 8.23. The summed E-state index contributed by atoms with van der Waals surface area (Å²) >= 11 is 3.56. The van der Waals surface area contributed by atoms with Crippen molar-refractivity contribution >= 4 is 15.9 Å². The molecule has 0 fully saturated rings. The van der Waals surface area contributed by atoms with Crippen LogP contribution in [0.1, 0.15) is 30.4 Å². The molecule has 2 aromatic carbocycles. The first kappa shape index (κ1) is 15.3. The lowest BCUT2D eigenvalue weighted by Crippen LogP contribution is -2.23. The fourth-order valence-electron chi connectivity index (χ4n) is 2.43. The topological polar surface area (TPSA) is 12.0 Å². The van der Waals surface area contributed by atoms with Crippen LogP contribution in [0.4, 0.5) is 0 Å². The summed E-state index contributed by atoms with van der Waals surface area (Å²) in [7, 11) is 0. The minimum absolute atomic E-state index is 0.525. The maximum absolute atomic E-state index is 3.56. The second-order valence-corrected chi connectivity index (χ2v) is 6.06. The molecule has 1 nitrogen and oxygen atoms in total. The lowest BCUT2D eigenvalue weighted by Gasteiger charge is -2.18. The van der Waals surface area contributed by atoms with Crippen LogP contribution in [0.5, 0.6) is 0 Å². The van der Waals surface area contributed by atoms with Crippen molar-refractivity contribution in [1.82, 2.24) is 5.32 Å². The number of benzene rings is 2. The van der Waals surface area contributed by atoms with Gasteiger partial charge in [-0.25, -0.2) is 0 Å². The molecule has 2 rings (SSSR count). The van der Waals surface area contributed by atoms with E-state index < -0.39 is 0 Å². The smallest absolute Gasteiger partial charge is 0.0177 e. The zero-order valence-electron chi connectivity index (χ0n) is 12.0. The van der Waals surface area contributed by atoms with E-state index in [1.807, 2.05) is 0 Å². The number of rotatable bonds is 7. The quantitative estimate of drug-likeness (QED) is 0.720. The third kappa shape index (κ3) is 4.77. The SMILES string of the molecule is CCCNCC(Cc1cccc(Br)c1)c1ccccc1.